The molecule has 2 bridgehead atoms. The Morgan fingerprint density at radius 1 is 1.08 bits per heavy atom. The van der Waals surface area contributed by atoms with Crippen LogP contribution < -0.4 is 10.9 Å². The highest BCUT2D eigenvalue weighted by Crippen LogP contribution is 2.58. The fraction of sp³-hybridized carbons (Fsp3) is 0.406. The molecule has 4 aromatic heterocycles. The van der Waals surface area contributed by atoms with Crippen LogP contribution in [0.2, 0.25) is 0 Å². The SMILES string of the molecule is COC(=O)N(C)Cc1ccccc1C(=O)Nc1ncnc2c1ncn2[C@@H]1O[C@@H]2COP(O)(=S)O[C@@H]3[C@H](O)[C@@H](COP(=O)(S)O[C@H]2[C@H]1F)O[C@H]3n1cc(F)c2c(=O)[nH]cnc21. The number of nitrogens with zero attached hydrogens (tertiary/aromatic N) is 7. The van der Waals surface area contributed by atoms with Crippen molar-refractivity contribution in [3.05, 3.63) is 76.7 Å². The molecule has 10 atom stereocenters. The zero-order chi connectivity index (χ0) is 42.7. The van der Waals surface area contributed by atoms with Gasteiger partial charge in [0.1, 0.15) is 42.2 Å². The summed E-state index contributed by atoms with van der Waals surface area (Å²) < 4.78 is 86.3. The Kier molecular flexibility index (Phi) is 11.7. The molecule has 5 aromatic rings. The molecule has 22 nitrogen and oxygen atoms in total. The summed E-state index contributed by atoms with van der Waals surface area (Å²) in [7, 11) is 2.73. The smallest absolute Gasteiger partial charge is 0.409 e. The Morgan fingerprint density at radius 2 is 1.83 bits per heavy atom. The van der Waals surface area contributed by atoms with E-state index in [1.165, 1.54) is 23.6 Å². The third-order valence-corrected chi connectivity index (χ3v) is 12.9. The number of hydrogen-bond acceptors (Lipinski definition) is 17. The molecule has 2 amide bonds. The number of rotatable bonds is 6. The van der Waals surface area contributed by atoms with Gasteiger partial charge in [0.05, 0.1) is 33.0 Å². The van der Waals surface area contributed by atoms with Crippen LogP contribution >= 0.6 is 25.8 Å². The van der Waals surface area contributed by atoms with Gasteiger partial charge in [-0.2, -0.15) is 0 Å². The lowest BCUT2D eigenvalue weighted by atomic mass is 10.1. The van der Waals surface area contributed by atoms with E-state index < -0.39 is 105 Å². The number of anilines is 1. The highest BCUT2D eigenvalue weighted by molar-refractivity contribution is 8.44. The fourth-order valence-electron chi connectivity index (χ4n) is 6.98. The lowest BCUT2D eigenvalue weighted by Crippen LogP contribution is -2.35. The first-order chi connectivity index (χ1) is 28.6. The Hall–Kier alpha value is -4.30. The van der Waals surface area contributed by atoms with Crippen LogP contribution in [0.4, 0.5) is 19.4 Å². The summed E-state index contributed by atoms with van der Waals surface area (Å²) in [5, 5.41) is 13.5. The number of benzene rings is 1. The standard InChI is InChI=1S/C32H33F2N9O13P2S2/c1-41(32(47)50-2)7-14-5-3-4-6-15(14)28(45)40-25-21-27(37-11-35-25)43(13-39-21)30-20(34)23-18(54-30)10-52-58(49,60)56-24-22(44)17(9-51-57(48,59)55-23)53-31(24)42-8-16(33)19-26(42)36-12-38-29(19)46/h3-6,8,11-13,17-18,20,22-24,30-31,44H,7,9-10H2,1-2H3,(H,48,59)(H,49,60)(H,36,38,46)(H,35,37,40,45)/t17-,18-,20-,22-,23-,24-,30-,31-,57?,58?/m1/s1. The number of nitrogens with one attached hydrogen (secondary N) is 2. The molecule has 4 N–H and O–H groups in total. The number of carbonyl (C=O) groups excluding carboxylic acids is 2. The molecule has 0 radical (unpaired) electrons. The first kappa shape index (κ1) is 42.4. The summed E-state index contributed by atoms with van der Waals surface area (Å²) in [6.45, 7) is -10.4. The molecule has 0 spiro atoms. The minimum Gasteiger partial charge on any atom is -0.453 e. The van der Waals surface area contributed by atoms with Gasteiger partial charge in [0.2, 0.25) is 0 Å². The summed E-state index contributed by atoms with van der Waals surface area (Å²) in [6, 6.07) is 6.53. The van der Waals surface area contributed by atoms with Crippen LogP contribution in [-0.2, 0) is 55.2 Å². The molecule has 3 fully saturated rings. The van der Waals surface area contributed by atoms with E-state index >= 15 is 4.39 Å². The minimum atomic E-state index is -4.55. The van der Waals surface area contributed by atoms with Crippen molar-refractivity contribution in [2.24, 2.45) is 0 Å². The maximum atomic E-state index is 16.6. The highest BCUT2D eigenvalue weighted by atomic mass is 32.7. The fourth-order valence-corrected chi connectivity index (χ4v) is 9.87. The van der Waals surface area contributed by atoms with Crippen molar-refractivity contribution in [1.29, 1.82) is 0 Å². The van der Waals surface area contributed by atoms with Gasteiger partial charge in [0.15, 0.2) is 47.1 Å². The molecule has 3 aliphatic heterocycles. The normalized spacial score (nSPS) is 30.9. The number of carbonyl (C=O) groups is 2. The number of thiol groups is 1. The third kappa shape index (κ3) is 8.10. The second kappa shape index (κ2) is 16.5. The number of methoxy groups -OCH3 is 1. The van der Waals surface area contributed by atoms with Gasteiger partial charge in [0.25, 0.3) is 11.5 Å². The van der Waals surface area contributed by atoms with Gasteiger partial charge < -0.3 is 48.5 Å². The zero-order valence-corrected chi connectivity index (χ0v) is 34.4. The van der Waals surface area contributed by atoms with Gasteiger partial charge in [-0.1, -0.05) is 30.4 Å². The molecule has 7 heterocycles. The third-order valence-electron chi connectivity index (χ3n) is 9.76. The monoisotopic (exact) mass is 915 g/mol. The predicted octanol–water partition coefficient (Wildman–Crippen LogP) is 2.72. The van der Waals surface area contributed by atoms with Gasteiger partial charge in [-0.05, 0) is 23.4 Å². The lowest BCUT2D eigenvalue weighted by Gasteiger charge is -2.27. The molecule has 28 heteroatoms. The zero-order valence-electron chi connectivity index (χ0n) is 30.9. The van der Waals surface area contributed by atoms with E-state index in [2.05, 4.69) is 42.5 Å². The number of ether oxygens (including phenoxy) is 3. The summed E-state index contributed by atoms with van der Waals surface area (Å²) in [4.78, 5) is 69.3. The number of hydrogen-bond donors (Lipinski definition) is 5. The van der Waals surface area contributed by atoms with Gasteiger partial charge in [-0.15, -0.1) is 0 Å². The van der Waals surface area contributed by atoms with Crippen LogP contribution in [0, 0.1) is 5.82 Å². The van der Waals surface area contributed by atoms with Crippen LogP contribution in [0.25, 0.3) is 22.2 Å². The number of alkyl halides is 1. The van der Waals surface area contributed by atoms with E-state index in [1.54, 1.807) is 24.3 Å². The first-order valence-electron chi connectivity index (χ1n) is 17.6. The number of aliphatic hydroxyl groups excluding tert-OH is 1. The van der Waals surface area contributed by atoms with E-state index in [1.807, 2.05) is 0 Å². The van der Waals surface area contributed by atoms with Crippen LogP contribution in [-0.4, -0.2) is 125 Å². The quantitative estimate of drug-likeness (QED) is 0.121. The van der Waals surface area contributed by atoms with Gasteiger partial charge in [-0.25, -0.2) is 38.1 Å². The van der Waals surface area contributed by atoms with Crippen molar-refractivity contribution in [2.45, 2.75) is 55.7 Å². The van der Waals surface area contributed by atoms with E-state index in [9.17, 15) is 33.3 Å². The molecule has 0 saturated carbocycles. The molecular weight excluding hydrogens is 882 g/mol. The van der Waals surface area contributed by atoms with Crippen molar-refractivity contribution in [1.82, 2.24) is 39.0 Å². The Labute approximate surface area is 346 Å². The van der Waals surface area contributed by atoms with Crippen LogP contribution in [0.3, 0.4) is 0 Å². The highest BCUT2D eigenvalue weighted by Gasteiger charge is 2.53. The first-order valence-corrected chi connectivity index (χ1v) is 22.9. The summed E-state index contributed by atoms with van der Waals surface area (Å²) in [5.74, 6) is -1.65. The number of amides is 2. The van der Waals surface area contributed by atoms with E-state index in [-0.39, 0.29) is 34.7 Å². The van der Waals surface area contributed by atoms with Crippen molar-refractivity contribution >= 4 is 77.6 Å². The van der Waals surface area contributed by atoms with Crippen LogP contribution in [0.1, 0.15) is 28.4 Å². The van der Waals surface area contributed by atoms with Crippen molar-refractivity contribution < 1.29 is 65.2 Å². The average molecular weight is 916 g/mol. The number of halogens is 2. The van der Waals surface area contributed by atoms with Crippen LogP contribution in [0.5, 0.6) is 0 Å². The second-order valence-corrected chi connectivity index (χ2v) is 19.2. The Bertz CT molecular complexity index is 2640. The van der Waals surface area contributed by atoms with Gasteiger partial charge in [0, 0.05) is 25.4 Å². The maximum absolute atomic E-state index is 16.6. The van der Waals surface area contributed by atoms with Crippen molar-refractivity contribution in [2.75, 3.05) is 32.7 Å². The van der Waals surface area contributed by atoms with Gasteiger partial charge in [-0.3, -0.25) is 27.7 Å². The lowest BCUT2D eigenvalue weighted by molar-refractivity contribution is -0.0586. The second-order valence-electron chi connectivity index (χ2n) is 13.5. The van der Waals surface area contributed by atoms with Crippen molar-refractivity contribution in [3.63, 3.8) is 0 Å². The number of aliphatic hydroxyl groups is 1. The maximum Gasteiger partial charge on any atom is 0.409 e. The van der Waals surface area contributed by atoms with Crippen LogP contribution in [0.15, 0.2) is 54.2 Å². The molecule has 2 unspecified atom stereocenters. The molecule has 320 valence electrons. The number of imidazole rings is 1. The minimum absolute atomic E-state index is 0.0125. The van der Waals surface area contributed by atoms with Crippen molar-refractivity contribution in [3.8, 4) is 0 Å². The molecule has 3 aliphatic rings. The number of fused-ring (bicyclic) bond motifs is 5. The predicted molar refractivity (Wildman–Crippen MR) is 207 cm³/mol. The average Bonchev–Trinajstić information content (AvgIpc) is 3.95. The Balaban J connectivity index is 1.04. The summed E-state index contributed by atoms with van der Waals surface area (Å²) in [6.07, 6.45) is -9.76. The molecule has 0 aliphatic carbocycles. The summed E-state index contributed by atoms with van der Waals surface area (Å²) >= 11 is 9.28. The molecule has 60 heavy (non-hydrogen) atoms. The molecule has 3 saturated heterocycles. The van der Waals surface area contributed by atoms with E-state index in [0.717, 1.165) is 29.7 Å². The van der Waals surface area contributed by atoms with Gasteiger partial charge >= 0.3 is 19.6 Å². The van der Waals surface area contributed by atoms with E-state index in [0.29, 0.717) is 5.56 Å². The summed E-state index contributed by atoms with van der Waals surface area (Å²) in [5.41, 5.74) is -0.309. The molecular formula is C32H33F2N9O13P2S2. The largest absolute Gasteiger partial charge is 0.453 e. The molecule has 1 aromatic carbocycles. The Morgan fingerprint density at radius 3 is 2.62 bits per heavy atom. The molecule has 8 rings (SSSR count). The van der Waals surface area contributed by atoms with E-state index in [4.69, 9.17) is 44.1 Å². The number of H-pyrrole nitrogens is 1. The number of aromatic amines is 1. The number of aromatic nitrogens is 7. The topological polar surface area (TPSA) is 266 Å².